The molecule has 0 aromatic heterocycles. The first-order valence-corrected chi connectivity index (χ1v) is 7.89. The Labute approximate surface area is 132 Å². The number of benzene rings is 1. The van der Waals surface area contributed by atoms with E-state index in [1.807, 2.05) is 36.1 Å². The number of urea groups is 1. The Bertz CT molecular complexity index is 524. The van der Waals surface area contributed by atoms with Crippen molar-refractivity contribution in [1.82, 2.24) is 15.1 Å². The van der Waals surface area contributed by atoms with Gasteiger partial charge in [-0.15, -0.1) is 0 Å². The summed E-state index contributed by atoms with van der Waals surface area (Å²) in [5, 5.41) is 2.82. The van der Waals surface area contributed by atoms with Crippen molar-refractivity contribution in [2.75, 3.05) is 26.7 Å². The molecule has 1 fully saturated rings. The molecule has 5 heteroatoms. The summed E-state index contributed by atoms with van der Waals surface area (Å²) in [6.07, 6.45) is 2.57. The Balaban J connectivity index is 1.72. The van der Waals surface area contributed by atoms with Crippen LogP contribution in [-0.2, 0) is 11.3 Å². The molecular formula is C17H25N3O2. The minimum atomic E-state index is -0.141. The van der Waals surface area contributed by atoms with E-state index in [0.717, 1.165) is 31.5 Å². The van der Waals surface area contributed by atoms with E-state index >= 15 is 0 Å². The van der Waals surface area contributed by atoms with E-state index in [1.165, 1.54) is 5.56 Å². The van der Waals surface area contributed by atoms with Crippen LogP contribution in [0.25, 0.3) is 0 Å². The molecule has 2 rings (SSSR count). The minimum Gasteiger partial charge on any atom is -0.343 e. The van der Waals surface area contributed by atoms with Crippen LogP contribution in [0.2, 0.25) is 0 Å². The number of rotatable bonds is 5. The van der Waals surface area contributed by atoms with Crippen LogP contribution in [0.15, 0.2) is 24.3 Å². The third kappa shape index (κ3) is 4.48. The second-order valence-corrected chi connectivity index (χ2v) is 5.85. The van der Waals surface area contributed by atoms with E-state index in [9.17, 15) is 9.59 Å². The summed E-state index contributed by atoms with van der Waals surface area (Å²) in [5.74, 6) is 0.138. The lowest BCUT2D eigenvalue weighted by atomic mass is 10.1. The topological polar surface area (TPSA) is 52.7 Å². The van der Waals surface area contributed by atoms with Crippen molar-refractivity contribution in [3.63, 3.8) is 0 Å². The lowest BCUT2D eigenvalue weighted by Gasteiger charge is -2.20. The van der Waals surface area contributed by atoms with Crippen LogP contribution in [-0.4, -0.2) is 48.4 Å². The van der Waals surface area contributed by atoms with Gasteiger partial charge in [-0.3, -0.25) is 4.79 Å². The van der Waals surface area contributed by atoms with Gasteiger partial charge in [-0.2, -0.15) is 0 Å². The number of nitrogens with zero attached hydrogens (tertiary/aromatic N) is 2. The fourth-order valence-corrected chi connectivity index (χ4v) is 2.65. The van der Waals surface area contributed by atoms with Crippen LogP contribution >= 0.6 is 0 Å². The summed E-state index contributed by atoms with van der Waals surface area (Å²) in [5.41, 5.74) is 2.31. The van der Waals surface area contributed by atoms with Gasteiger partial charge >= 0.3 is 6.03 Å². The summed E-state index contributed by atoms with van der Waals surface area (Å²) >= 11 is 0. The number of likely N-dealkylation sites (tertiary alicyclic amines) is 1. The van der Waals surface area contributed by atoms with E-state index in [4.69, 9.17) is 0 Å². The van der Waals surface area contributed by atoms with Gasteiger partial charge in [-0.25, -0.2) is 4.79 Å². The molecule has 1 aromatic rings. The van der Waals surface area contributed by atoms with Crippen molar-refractivity contribution < 1.29 is 9.59 Å². The quantitative estimate of drug-likeness (QED) is 0.906. The van der Waals surface area contributed by atoms with E-state index in [2.05, 4.69) is 5.32 Å². The van der Waals surface area contributed by atoms with Gasteiger partial charge in [0.15, 0.2) is 0 Å². The van der Waals surface area contributed by atoms with Gasteiger partial charge in [-0.05, 0) is 30.9 Å². The third-order valence-corrected chi connectivity index (χ3v) is 4.09. The molecule has 0 bridgehead atoms. The largest absolute Gasteiger partial charge is 0.343 e. The highest BCUT2D eigenvalue weighted by molar-refractivity contribution is 5.78. The number of hydrogen-bond donors (Lipinski definition) is 1. The van der Waals surface area contributed by atoms with Gasteiger partial charge in [0, 0.05) is 39.6 Å². The van der Waals surface area contributed by atoms with Crippen LogP contribution in [0.1, 0.15) is 30.4 Å². The number of hydrogen-bond acceptors (Lipinski definition) is 2. The van der Waals surface area contributed by atoms with Crippen molar-refractivity contribution in [2.24, 2.45) is 0 Å². The molecule has 0 aliphatic carbocycles. The van der Waals surface area contributed by atoms with Gasteiger partial charge in [-0.1, -0.05) is 24.3 Å². The normalized spacial score (nSPS) is 14.0. The van der Waals surface area contributed by atoms with E-state index in [-0.39, 0.29) is 11.9 Å². The van der Waals surface area contributed by atoms with E-state index < -0.39 is 0 Å². The molecule has 5 nitrogen and oxygen atoms in total. The predicted molar refractivity (Wildman–Crippen MR) is 86.5 cm³/mol. The molecular weight excluding hydrogens is 278 g/mol. The lowest BCUT2D eigenvalue weighted by Crippen LogP contribution is -2.39. The molecule has 1 saturated heterocycles. The zero-order valence-electron chi connectivity index (χ0n) is 13.5. The summed E-state index contributed by atoms with van der Waals surface area (Å²) in [4.78, 5) is 27.5. The van der Waals surface area contributed by atoms with Crippen LogP contribution in [0, 0.1) is 6.92 Å². The molecule has 1 N–H and O–H groups in total. The third-order valence-electron chi connectivity index (χ3n) is 4.09. The highest BCUT2D eigenvalue weighted by Gasteiger charge is 2.17. The smallest absolute Gasteiger partial charge is 0.317 e. The summed E-state index contributed by atoms with van der Waals surface area (Å²) in [6, 6.07) is 7.88. The molecule has 0 radical (unpaired) electrons. The Morgan fingerprint density at radius 2 is 1.91 bits per heavy atom. The van der Waals surface area contributed by atoms with Gasteiger partial charge < -0.3 is 15.1 Å². The first-order chi connectivity index (χ1) is 10.6. The monoisotopic (exact) mass is 303 g/mol. The molecule has 1 aliphatic heterocycles. The van der Waals surface area contributed by atoms with Crippen LogP contribution < -0.4 is 5.32 Å². The lowest BCUT2D eigenvalue weighted by molar-refractivity contribution is -0.129. The number of aryl methyl sites for hydroxylation is 1. The molecule has 0 atom stereocenters. The molecule has 0 saturated carbocycles. The summed E-state index contributed by atoms with van der Waals surface area (Å²) in [6.45, 7) is 4.72. The maximum Gasteiger partial charge on any atom is 0.317 e. The maximum atomic E-state index is 12.1. The van der Waals surface area contributed by atoms with Crippen molar-refractivity contribution in [3.05, 3.63) is 35.4 Å². The van der Waals surface area contributed by atoms with Crippen molar-refractivity contribution in [3.8, 4) is 0 Å². The second-order valence-electron chi connectivity index (χ2n) is 5.85. The van der Waals surface area contributed by atoms with Gasteiger partial charge in [0.05, 0.1) is 0 Å². The van der Waals surface area contributed by atoms with Crippen LogP contribution in [0.4, 0.5) is 4.79 Å². The Kier molecular flexibility index (Phi) is 5.81. The van der Waals surface area contributed by atoms with Crippen molar-refractivity contribution in [1.29, 1.82) is 0 Å². The van der Waals surface area contributed by atoms with E-state index in [0.29, 0.717) is 19.5 Å². The molecule has 22 heavy (non-hydrogen) atoms. The highest BCUT2D eigenvalue weighted by Crippen LogP contribution is 2.10. The fourth-order valence-electron chi connectivity index (χ4n) is 2.65. The minimum absolute atomic E-state index is 0.138. The average Bonchev–Trinajstić information content (AvgIpc) is 3.03. The molecule has 0 unspecified atom stereocenters. The Hall–Kier alpha value is -2.04. The molecule has 1 aliphatic rings. The zero-order valence-corrected chi connectivity index (χ0v) is 13.5. The number of amides is 3. The number of carbonyl (C=O) groups excluding carboxylic acids is 2. The average molecular weight is 303 g/mol. The van der Waals surface area contributed by atoms with Crippen molar-refractivity contribution in [2.45, 2.75) is 32.7 Å². The molecule has 1 aromatic carbocycles. The Morgan fingerprint density at radius 1 is 1.23 bits per heavy atom. The summed E-state index contributed by atoms with van der Waals surface area (Å²) < 4.78 is 0. The van der Waals surface area contributed by atoms with E-state index in [1.54, 1.807) is 11.9 Å². The van der Waals surface area contributed by atoms with Crippen molar-refractivity contribution >= 4 is 11.9 Å². The SMILES string of the molecule is Cc1ccccc1CN(C)C(=O)NCCC(=O)N1CCCC1. The zero-order chi connectivity index (χ0) is 15.9. The Morgan fingerprint density at radius 3 is 2.59 bits per heavy atom. The van der Waals surface area contributed by atoms with Gasteiger partial charge in [0.2, 0.25) is 5.91 Å². The van der Waals surface area contributed by atoms with Crippen LogP contribution in [0.3, 0.4) is 0 Å². The standard InChI is InChI=1S/C17H25N3O2/c1-14-7-3-4-8-15(14)13-19(2)17(22)18-10-9-16(21)20-11-5-6-12-20/h3-4,7-8H,5-6,9-13H2,1-2H3,(H,18,22). The maximum absolute atomic E-state index is 12.1. The summed E-state index contributed by atoms with van der Waals surface area (Å²) in [7, 11) is 1.77. The fraction of sp³-hybridized carbons (Fsp3) is 0.529. The number of carbonyl (C=O) groups is 2. The number of nitrogens with one attached hydrogen (secondary N) is 1. The molecule has 0 spiro atoms. The first kappa shape index (κ1) is 16.3. The predicted octanol–water partition coefficient (Wildman–Crippen LogP) is 2.15. The first-order valence-electron chi connectivity index (χ1n) is 7.89. The molecule has 3 amide bonds. The second kappa shape index (κ2) is 7.82. The van der Waals surface area contributed by atoms with Gasteiger partial charge in [0.25, 0.3) is 0 Å². The highest BCUT2D eigenvalue weighted by atomic mass is 16.2. The van der Waals surface area contributed by atoms with Crippen LogP contribution in [0.5, 0.6) is 0 Å². The molecule has 120 valence electrons. The molecule has 1 heterocycles. The van der Waals surface area contributed by atoms with Gasteiger partial charge in [0.1, 0.15) is 0 Å².